The van der Waals surface area contributed by atoms with Crippen LogP contribution in [-0.2, 0) is 16.0 Å². The lowest BCUT2D eigenvalue weighted by molar-refractivity contribution is -0.121. The van der Waals surface area contributed by atoms with Crippen LogP contribution >= 0.6 is 11.6 Å². The highest BCUT2D eigenvalue weighted by Crippen LogP contribution is 2.25. The number of ether oxygens (including phenoxy) is 1. The molecule has 2 aromatic heterocycles. The molecule has 0 radical (unpaired) electrons. The molecule has 10 heteroatoms. The maximum Gasteiger partial charge on any atom is 0.410 e. The van der Waals surface area contributed by atoms with Crippen LogP contribution < -0.4 is 10.6 Å². The summed E-state index contributed by atoms with van der Waals surface area (Å²) in [5.41, 5.74) is 2.17. The summed E-state index contributed by atoms with van der Waals surface area (Å²) in [6.45, 7) is 11.2. The van der Waals surface area contributed by atoms with Crippen molar-refractivity contribution in [1.82, 2.24) is 24.9 Å². The molecule has 0 aliphatic carbocycles. The van der Waals surface area contributed by atoms with E-state index in [2.05, 4.69) is 29.5 Å². The van der Waals surface area contributed by atoms with Gasteiger partial charge in [-0.05, 0) is 69.4 Å². The van der Waals surface area contributed by atoms with Crippen LogP contribution in [0.25, 0.3) is 5.65 Å². The molecule has 1 unspecified atom stereocenters. The van der Waals surface area contributed by atoms with E-state index in [1.165, 1.54) is 0 Å². The van der Waals surface area contributed by atoms with Crippen LogP contribution in [0.1, 0.15) is 75.1 Å². The summed E-state index contributed by atoms with van der Waals surface area (Å²) in [7, 11) is 0. The second kappa shape index (κ2) is 12.9. The summed E-state index contributed by atoms with van der Waals surface area (Å²) in [6, 6.07) is 13.0. The van der Waals surface area contributed by atoms with E-state index in [-0.39, 0.29) is 36.3 Å². The Morgan fingerprint density at radius 2 is 1.85 bits per heavy atom. The normalized spacial score (nSPS) is 16.2. The predicted octanol–water partition coefficient (Wildman–Crippen LogP) is 5.22. The fraction of sp³-hybridized carbons (Fsp3) is 0.484. The van der Waals surface area contributed by atoms with Crippen LogP contribution in [0.5, 0.6) is 0 Å². The molecule has 1 aliphatic heterocycles. The molecule has 1 saturated heterocycles. The van der Waals surface area contributed by atoms with E-state index >= 15 is 0 Å². The fourth-order valence-corrected chi connectivity index (χ4v) is 5.22. The molecule has 3 aromatic rings. The van der Waals surface area contributed by atoms with Gasteiger partial charge in [0.25, 0.3) is 5.91 Å². The van der Waals surface area contributed by atoms with Crippen molar-refractivity contribution in [2.45, 2.75) is 71.4 Å². The molecule has 3 amide bonds. The summed E-state index contributed by atoms with van der Waals surface area (Å²) in [5, 5.41) is 6.78. The molecule has 220 valence electrons. The van der Waals surface area contributed by atoms with Crippen molar-refractivity contribution < 1.29 is 19.1 Å². The Bertz CT molecular complexity index is 1380. The van der Waals surface area contributed by atoms with Gasteiger partial charge >= 0.3 is 6.09 Å². The third-order valence-electron chi connectivity index (χ3n) is 6.93. The number of aromatic nitrogens is 2. The number of amides is 3. The van der Waals surface area contributed by atoms with Gasteiger partial charge in [-0.2, -0.15) is 0 Å². The van der Waals surface area contributed by atoms with Gasteiger partial charge in [0, 0.05) is 42.8 Å². The number of hydrogen-bond acceptors (Lipinski definition) is 5. The molecule has 4 rings (SSSR count). The number of benzene rings is 1. The minimum atomic E-state index is -0.566. The lowest BCUT2D eigenvalue weighted by Gasteiger charge is -2.24. The highest BCUT2D eigenvalue weighted by Gasteiger charge is 2.30. The first kappa shape index (κ1) is 30.4. The van der Waals surface area contributed by atoms with Crippen molar-refractivity contribution in [2.75, 3.05) is 19.6 Å². The summed E-state index contributed by atoms with van der Waals surface area (Å²) < 4.78 is 7.15. The van der Waals surface area contributed by atoms with Gasteiger partial charge in [-0.15, -0.1) is 0 Å². The molecule has 2 N–H and O–H groups in total. The lowest BCUT2D eigenvalue weighted by atomic mass is 9.90. The van der Waals surface area contributed by atoms with Gasteiger partial charge in [0.2, 0.25) is 5.91 Å². The average Bonchev–Trinajstić information content (AvgIpc) is 3.52. The van der Waals surface area contributed by atoms with E-state index in [1.807, 2.05) is 51.1 Å². The Kier molecular flexibility index (Phi) is 9.58. The monoisotopic (exact) mass is 581 g/mol. The van der Waals surface area contributed by atoms with Crippen LogP contribution in [0.2, 0.25) is 5.02 Å². The van der Waals surface area contributed by atoms with E-state index in [0.29, 0.717) is 54.0 Å². The van der Waals surface area contributed by atoms with E-state index < -0.39 is 5.60 Å². The van der Waals surface area contributed by atoms with Crippen LogP contribution in [0, 0.1) is 5.92 Å². The molecule has 3 heterocycles. The Morgan fingerprint density at radius 1 is 1.12 bits per heavy atom. The minimum absolute atomic E-state index is 0.0682. The van der Waals surface area contributed by atoms with Gasteiger partial charge in [-0.3, -0.25) is 14.0 Å². The van der Waals surface area contributed by atoms with Crippen molar-refractivity contribution in [1.29, 1.82) is 0 Å². The molecular formula is C31H40ClN5O4. The molecule has 9 nitrogen and oxygen atoms in total. The van der Waals surface area contributed by atoms with Crippen molar-refractivity contribution in [2.24, 2.45) is 5.92 Å². The molecule has 2 atom stereocenters. The lowest BCUT2D eigenvalue weighted by Crippen LogP contribution is -2.40. The molecule has 1 aliphatic rings. The van der Waals surface area contributed by atoms with Crippen LogP contribution in [0.4, 0.5) is 4.79 Å². The first-order valence-corrected chi connectivity index (χ1v) is 14.5. The number of carbonyl (C=O) groups excluding carboxylic acids is 3. The third-order valence-corrected chi connectivity index (χ3v) is 7.18. The number of imidazole rings is 1. The van der Waals surface area contributed by atoms with Gasteiger partial charge in [0.15, 0.2) is 0 Å². The van der Waals surface area contributed by atoms with Gasteiger partial charge in [0.1, 0.15) is 16.9 Å². The molecular weight excluding hydrogens is 542 g/mol. The molecule has 1 aromatic carbocycles. The molecule has 0 saturated carbocycles. The van der Waals surface area contributed by atoms with E-state index in [4.69, 9.17) is 16.3 Å². The number of pyridine rings is 1. The summed E-state index contributed by atoms with van der Waals surface area (Å²) in [4.78, 5) is 44.6. The van der Waals surface area contributed by atoms with Crippen LogP contribution in [0.15, 0.2) is 48.7 Å². The second-order valence-electron chi connectivity index (χ2n) is 12.1. The number of carbonyl (C=O) groups is 3. The quantitative estimate of drug-likeness (QED) is 0.361. The zero-order chi connectivity index (χ0) is 29.7. The number of halogens is 1. The highest BCUT2D eigenvalue weighted by molar-refractivity contribution is 6.30. The Morgan fingerprint density at radius 3 is 2.54 bits per heavy atom. The zero-order valence-electron chi connectivity index (χ0n) is 24.4. The molecule has 41 heavy (non-hydrogen) atoms. The predicted molar refractivity (Wildman–Crippen MR) is 159 cm³/mol. The average molecular weight is 582 g/mol. The van der Waals surface area contributed by atoms with E-state index in [0.717, 1.165) is 12.0 Å². The van der Waals surface area contributed by atoms with Gasteiger partial charge < -0.3 is 20.3 Å². The molecule has 0 spiro atoms. The van der Waals surface area contributed by atoms with Gasteiger partial charge in [-0.25, -0.2) is 9.78 Å². The zero-order valence-corrected chi connectivity index (χ0v) is 25.2. The van der Waals surface area contributed by atoms with E-state index in [1.54, 1.807) is 27.6 Å². The molecule has 1 fully saturated rings. The van der Waals surface area contributed by atoms with Crippen molar-refractivity contribution >= 4 is 35.2 Å². The van der Waals surface area contributed by atoms with Gasteiger partial charge in [0.05, 0.1) is 12.1 Å². The highest BCUT2D eigenvalue weighted by atomic mass is 35.5. The second-order valence-corrected chi connectivity index (χ2v) is 12.6. The SMILES string of the molecule is CC(C)CC(CNC(=O)c1cccc2nc(CC(=O)N[C@@H]3CCN(C(=O)OC(C)(C)C)C3)cn12)c1ccc(Cl)cc1. The summed E-state index contributed by atoms with van der Waals surface area (Å²) in [5.74, 6) is 0.220. The Hall–Kier alpha value is -3.59. The Balaban J connectivity index is 1.37. The summed E-state index contributed by atoms with van der Waals surface area (Å²) >= 11 is 6.07. The molecule has 0 bridgehead atoms. The summed E-state index contributed by atoms with van der Waals surface area (Å²) in [6.07, 6.45) is 3.01. The minimum Gasteiger partial charge on any atom is -0.444 e. The standard InChI is InChI=1S/C31H40ClN5O4/c1-20(2)15-22(21-9-11-23(32)12-10-21)17-33-29(39)26-7-6-8-27-34-25(19-37(26)27)16-28(38)35-24-13-14-36(18-24)30(40)41-31(3,4)5/h6-12,19-20,22,24H,13-18H2,1-5H3,(H,33,39)(H,35,38)/t22?,24-/m1/s1. The number of likely N-dealkylation sites (tertiary alicyclic amines) is 1. The maximum absolute atomic E-state index is 13.3. The largest absolute Gasteiger partial charge is 0.444 e. The van der Waals surface area contributed by atoms with Crippen LogP contribution in [0.3, 0.4) is 0 Å². The first-order chi connectivity index (χ1) is 19.4. The number of rotatable bonds is 9. The first-order valence-electron chi connectivity index (χ1n) is 14.2. The maximum atomic E-state index is 13.3. The number of hydrogen-bond donors (Lipinski definition) is 2. The fourth-order valence-electron chi connectivity index (χ4n) is 5.09. The third kappa shape index (κ3) is 8.45. The van der Waals surface area contributed by atoms with E-state index in [9.17, 15) is 14.4 Å². The Labute approximate surface area is 246 Å². The van der Waals surface area contributed by atoms with Crippen molar-refractivity contribution in [3.05, 3.63) is 70.6 Å². The topological polar surface area (TPSA) is 105 Å². The van der Waals surface area contributed by atoms with Crippen molar-refractivity contribution in [3.8, 4) is 0 Å². The van der Waals surface area contributed by atoms with Crippen molar-refractivity contribution in [3.63, 3.8) is 0 Å². The number of nitrogens with one attached hydrogen (secondary N) is 2. The van der Waals surface area contributed by atoms with Gasteiger partial charge in [-0.1, -0.05) is 43.6 Å². The smallest absolute Gasteiger partial charge is 0.410 e. The number of fused-ring (bicyclic) bond motifs is 1. The number of nitrogens with zero attached hydrogens (tertiary/aromatic N) is 3. The van der Waals surface area contributed by atoms with Crippen LogP contribution in [-0.4, -0.2) is 63.5 Å².